The molecule has 0 radical (unpaired) electrons. The van der Waals surface area contributed by atoms with Crippen LogP contribution in [0.25, 0.3) is 0 Å². The molecule has 138 valence electrons. The average Bonchev–Trinajstić information content (AvgIpc) is 2.62. The second-order valence-corrected chi connectivity index (χ2v) is 6.06. The number of para-hydroxylation sites is 1. The second-order valence-electron chi connectivity index (χ2n) is 6.06. The van der Waals surface area contributed by atoms with Crippen LogP contribution in [0.5, 0.6) is 0 Å². The lowest BCUT2D eigenvalue weighted by atomic mass is 10.1. The summed E-state index contributed by atoms with van der Waals surface area (Å²) in [5.74, 6) is -0.0931. The van der Waals surface area contributed by atoms with Crippen LogP contribution < -0.4 is 10.2 Å². The van der Waals surface area contributed by atoms with Gasteiger partial charge in [-0.25, -0.2) is 0 Å². The Morgan fingerprint density at radius 1 is 1.04 bits per heavy atom. The number of benzene rings is 1. The van der Waals surface area contributed by atoms with Crippen LogP contribution in [0.2, 0.25) is 0 Å². The van der Waals surface area contributed by atoms with Crippen molar-refractivity contribution in [3.05, 3.63) is 47.7 Å². The lowest BCUT2D eigenvalue weighted by molar-refractivity contribution is -0.136. The number of hydrogen-bond donors (Lipinski definition) is 1. The molecule has 1 fully saturated rings. The van der Waals surface area contributed by atoms with Crippen LogP contribution in [0.1, 0.15) is 16.1 Å². The Morgan fingerprint density at radius 3 is 2.35 bits per heavy atom. The van der Waals surface area contributed by atoms with E-state index in [-0.39, 0.29) is 11.4 Å². The summed E-state index contributed by atoms with van der Waals surface area (Å²) in [6, 6.07) is 7.93. The number of aromatic nitrogens is 2. The summed E-state index contributed by atoms with van der Waals surface area (Å²) < 4.78 is 39.0. The van der Waals surface area contributed by atoms with Gasteiger partial charge in [0.25, 0.3) is 5.91 Å². The number of piperazine rings is 1. The van der Waals surface area contributed by atoms with Gasteiger partial charge in [0.2, 0.25) is 0 Å². The zero-order valence-electron chi connectivity index (χ0n) is 14.1. The Labute approximate surface area is 148 Å². The highest BCUT2D eigenvalue weighted by Crippen LogP contribution is 2.34. The summed E-state index contributed by atoms with van der Waals surface area (Å²) in [4.78, 5) is 16.5. The molecule has 26 heavy (non-hydrogen) atoms. The maximum absolute atomic E-state index is 13.0. The lowest BCUT2D eigenvalue weighted by Gasteiger charge is -2.32. The van der Waals surface area contributed by atoms with Crippen molar-refractivity contribution in [2.45, 2.75) is 6.18 Å². The van der Waals surface area contributed by atoms with E-state index < -0.39 is 17.6 Å². The van der Waals surface area contributed by atoms with Crippen LogP contribution in [0.15, 0.2) is 36.4 Å². The summed E-state index contributed by atoms with van der Waals surface area (Å²) in [7, 11) is 2.04. The number of nitrogens with one attached hydrogen (secondary N) is 1. The maximum Gasteiger partial charge on any atom is 0.418 e. The molecule has 2 heterocycles. The molecule has 6 nitrogen and oxygen atoms in total. The van der Waals surface area contributed by atoms with E-state index in [2.05, 4.69) is 20.4 Å². The number of rotatable bonds is 3. The van der Waals surface area contributed by atoms with E-state index >= 15 is 0 Å². The van der Waals surface area contributed by atoms with Gasteiger partial charge >= 0.3 is 6.18 Å². The van der Waals surface area contributed by atoms with Crippen molar-refractivity contribution in [3.8, 4) is 0 Å². The molecule has 0 aliphatic carbocycles. The van der Waals surface area contributed by atoms with Crippen molar-refractivity contribution in [1.82, 2.24) is 15.1 Å². The molecule has 0 spiro atoms. The van der Waals surface area contributed by atoms with Gasteiger partial charge in [-0.1, -0.05) is 12.1 Å². The SMILES string of the molecule is CN1CCN(c2ccc(C(=O)Nc3ccccc3C(F)(F)F)nn2)CC1. The van der Waals surface area contributed by atoms with E-state index in [1.54, 1.807) is 6.07 Å². The minimum atomic E-state index is -4.55. The molecule has 1 aliphatic heterocycles. The van der Waals surface area contributed by atoms with Gasteiger partial charge in [0.15, 0.2) is 11.5 Å². The minimum absolute atomic E-state index is 0.0418. The first-order valence-corrected chi connectivity index (χ1v) is 8.09. The van der Waals surface area contributed by atoms with Gasteiger partial charge in [-0.2, -0.15) is 13.2 Å². The standard InChI is InChI=1S/C17H18F3N5O/c1-24-8-10-25(11-9-24)15-7-6-14(22-23-15)16(26)21-13-5-3-2-4-12(13)17(18,19)20/h2-7H,8-11H2,1H3,(H,21,26). The number of halogens is 3. The molecule has 2 aromatic rings. The number of anilines is 2. The summed E-state index contributed by atoms with van der Waals surface area (Å²) >= 11 is 0. The smallest absolute Gasteiger partial charge is 0.353 e. The molecular weight excluding hydrogens is 347 g/mol. The number of carbonyl (C=O) groups is 1. The highest BCUT2D eigenvalue weighted by Gasteiger charge is 2.33. The molecule has 0 unspecified atom stereocenters. The molecule has 1 aromatic heterocycles. The fraction of sp³-hybridized carbons (Fsp3) is 0.353. The highest BCUT2D eigenvalue weighted by molar-refractivity contribution is 6.03. The predicted molar refractivity (Wildman–Crippen MR) is 91.1 cm³/mol. The largest absolute Gasteiger partial charge is 0.418 e. The van der Waals surface area contributed by atoms with Crippen LogP contribution in [0, 0.1) is 0 Å². The normalized spacial score (nSPS) is 15.8. The van der Waals surface area contributed by atoms with Crippen LogP contribution >= 0.6 is 0 Å². The molecule has 1 amide bonds. The van der Waals surface area contributed by atoms with Crippen molar-refractivity contribution in [2.24, 2.45) is 0 Å². The number of amides is 1. The summed E-state index contributed by atoms with van der Waals surface area (Å²) in [6.45, 7) is 3.40. The zero-order chi connectivity index (χ0) is 18.7. The molecule has 3 rings (SSSR count). The third-order valence-electron chi connectivity index (χ3n) is 4.19. The summed E-state index contributed by atoms with van der Waals surface area (Å²) in [5.41, 5.74) is -1.26. The molecule has 0 atom stereocenters. The topological polar surface area (TPSA) is 61.4 Å². The molecule has 1 saturated heterocycles. The highest BCUT2D eigenvalue weighted by atomic mass is 19.4. The summed E-state index contributed by atoms with van der Waals surface area (Å²) in [5, 5.41) is 10.2. The molecule has 0 bridgehead atoms. The van der Waals surface area contributed by atoms with Crippen LogP contribution in [-0.4, -0.2) is 54.2 Å². The van der Waals surface area contributed by atoms with Crippen molar-refractivity contribution in [3.63, 3.8) is 0 Å². The van der Waals surface area contributed by atoms with Gasteiger partial charge in [0, 0.05) is 26.2 Å². The molecule has 1 aromatic carbocycles. The van der Waals surface area contributed by atoms with Gasteiger partial charge in [-0.15, -0.1) is 10.2 Å². The van der Waals surface area contributed by atoms with E-state index in [4.69, 9.17) is 0 Å². The van der Waals surface area contributed by atoms with E-state index in [0.717, 1.165) is 32.2 Å². The van der Waals surface area contributed by atoms with Gasteiger partial charge < -0.3 is 15.1 Å². The van der Waals surface area contributed by atoms with Crippen LogP contribution in [0.4, 0.5) is 24.7 Å². The van der Waals surface area contributed by atoms with Crippen molar-refractivity contribution in [2.75, 3.05) is 43.4 Å². The average molecular weight is 365 g/mol. The van der Waals surface area contributed by atoms with Crippen molar-refractivity contribution in [1.29, 1.82) is 0 Å². The third-order valence-corrected chi connectivity index (χ3v) is 4.19. The number of hydrogen-bond acceptors (Lipinski definition) is 5. The minimum Gasteiger partial charge on any atom is -0.353 e. The van der Waals surface area contributed by atoms with Gasteiger partial charge in [-0.05, 0) is 31.3 Å². The Kier molecular flexibility index (Phi) is 5.08. The van der Waals surface area contributed by atoms with Gasteiger partial charge in [0.1, 0.15) is 0 Å². The quantitative estimate of drug-likeness (QED) is 0.906. The monoisotopic (exact) mass is 365 g/mol. The fourth-order valence-electron chi connectivity index (χ4n) is 2.68. The Bertz CT molecular complexity index is 771. The summed E-state index contributed by atoms with van der Waals surface area (Å²) in [6.07, 6.45) is -4.55. The Hall–Kier alpha value is -2.68. The number of alkyl halides is 3. The third kappa shape index (κ3) is 4.10. The second kappa shape index (κ2) is 7.28. The van der Waals surface area contributed by atoms with Crippen molar-refractivity contribution >= 4 is 17.4 Å². The predicted octanol–water partition coefficient (Wildman–Crippen LogP) is 2.50. The molecular formula is C17H18F3N5O. The Morgan fingerprint density at radius 2 is 1.73 bits per heavy atom. The first-order chi connectivity index (χ1) is 12.3. The zero-order valence-corrected chi connectivity index (χ0v) is 14.1. The van der Waals surface area contributed by atoms with E-state index in [1.165, 1.54) is 24.3 Å². The van der Waals surface area contributed by atoms with Crippen LogP contribution in [-0.2, 0) is 6.18 Å². The van der Waals surface area contributed by atoms with E-state index in [9.17, 15) is 18.0 Å². The van der Waals surface area contributed by atoms with Crippen molar-refractivity contribution < 1.29 is 18.0 Å². The number of carbonyl (C=O) groups excluding carboxylic acids is 1. The van der Waals surface area contributed by atoms with Gasteiger partial charge in [-0.3, -0.25) is 4.79 Å². The van der Waals surface area contributed by atoms with Gasteiger partial charge in [0.05, 0.1) is 11.3 Å². The van der Waals surface area contributed by atoms with Crippen LogP contribution in [0.3, 0.4) is 0 Å². The fourth-order valence-corrected chi connectivity index (χ4v) is 2.68. The molecule has 9 heteroatoms. The molecule has 0 saturated carbocycles. The maximum atomic E-state index is 13.0. The molecule has 1 aliphatic rings. The van der Waals surface area contributed by atoms with E-state index in [0.29, 0.717) is 5.82 Å². The lowest BCUT2D eigenvalue weighted by Crippen LogP contribution is -2.44. The first-order valence-electron chi connectivity index (χ1n) is 8.09. The number of nitrogens with zero attached hydrogens (tertiary/aromatic N) is 4. The Balaban J connectivity index is 1.71. The van der Waals surface area contributed by atoms with E-state index in [1.807, 2.05) is 11.9 Å². The first kappa shape index (κ1) is 18.1. The molecule has 1 N–H and O–H groups in total. The number of likely N-dealkylation sites (N-methyl/N-ethyl adjacent to an activating group) is 1.